The molecule has 0 bridgehead atoms. The molecule has 2 aliphatic heterocycles. The lowest BCUT2D eigenvalue weighted by Crippen LogP contribution is -2.48. The number of amides is 3. The van der Waals surface area contributed by atoms with Crippen molar-refractivity contribution in [3.8, 4) is 0 Å². The first-order valence-electron chi connectivity index (χ1n) is 10.2. The second-order valence-corrected chi connectivity index (χ2v) is 9.02. The third-order valence-corrected chi connectivity index (χ3v) is 7.07. The Hall–Kier alpha value is -2.80. The summed E-state index contributed by atoms with van der Waals surface area (Å²) in [5.41, 5.74) is 3.87. The summed E-state index contributed by atoms with van der Waals surface area (Å²) < 4.78 is 0. The van der Waals surface area contributed by atoms with Crippen molar-refractivity contribution in [2.75, 3.05) is 23.7 Å². The molecule has 2 aliphatic rings. The first-order valence-corrected chi connectivity index (χ1v) is 11.0. The van der Waals surface area contributed by atoms with Gasteiger partial charge in [-0.2, -0.15) is 0 Å². The predicted molar refractivity (Wildman–Crippen MR) is 119 cm³/mol. The van der Waals surface area contributed by atoms with Crippen LogP contribution in [-0.4, -0.2) is 41.0 Å². The highest BCUT2D eigenvalue weighted by atomic mass is 32.2. The average Bonchev–Trinajstić information content (AvgIpc) is 2.75. The van der Waals surface area contributed by atoms with E-state index in [1.54, 1.807) is 4.90 Å². The normalized spacial score (nSPS) is 19.1. The Balaban J connectivity index is 1.34. The molecule has 0 aromatic heterocycles. The molecule has 7 heteroatoms. The average molecular weight is 424 g/mol. The molecule has 2 heterocycles. The third-order valence-electron chi connectivity index (χ3n) is 5.80. The van der Waals surface area contributed by atoms with Gasteiger partial charge in [-0.25, -0.2) is 0 Å². The van der Waals surface area contributed by atoms with Crippen LogP contribution in [0.2, 0.25) is 0 Å². The van der Waals surface area contributed by atoms with E-state index in [2.05, 4.69) is 10.6 Å². The first kappa shape index (κ1) is 20.5. The van der Waals surface area contributed by atoms with Crippen molar-refractivity contribution < 1.29 is 14.4 Å². The van der Waals surface area contributed by atoms with Gasteiger partial charge in [0.2, 0.25) is 17.7 Å². The van der Waals surface area contributed by atoms with E-state index in [1.807, 2.05) is 56.3 Å². The molecule has 0 saturated carbocycles. The number of aryl methyl sites for hydroxylation is 2. The fourth-order valence-corrected chi connectivity index (χ4v) is 4.88. The first-order chi connectivity index (χ1) is 14.4. The summed E-state index contributed by atoms with van der Waals surface area (Å²) in [6.45, 7) is 5.02. The number of benzene rings is 2. The highest BCUT2D eigenvalue weighted by molar-refractivity contribution is 8.01. The Morgan fingerprint density at radius 2 is 1.80 bits per heavy atom. The molecular weight excluding hydrogens is 398 g/mol. The molecule has 3 amide bonds. The minimum Gasteiger partial charge on any atom is -0.341 e. The lowest BCUT2D eigenvalue weighted by atomic mass is 9.95. The van der Waals surface area contributed by atoms with Crippen LogP contribution in [0.5, 0.6) is 0 Å². The Kier molecular flexibility index (Phi) is 5.81. The number of fused-ring (bicyclic) bond motifs is 1. The van der Waals surface area contributed by atoms with Gasteiger partial charge in [-0.1, -0.05) is 18.2 Å². The fourth-order valence-electron chi connectivity index (χ4n) is 3.81. The number of carbonyl (C=O) groups excluding carboxylic acids is 3. The van der Waals surface area contributed by atoms with E-state index in [-0.39, 0.29) is 23.6 Å². The van der Waals surface area contributed by atoms with E-state index < -0.39 is 5.25 Å². The minimum absolute atomic E-state index is 0.0101. The Morgan fingerprint density at radius 1 is 1.07 bits per heavy atom. The molecule has 6 nitrogen and oxygen atoms in total. The van der Waals surface area contributed by atoms with Crippen LogP contribution in [0, 0.1) is 19.8 Å². The number of nitrogens with zero attached hydrogens (tertiary/aromatic N) is 1. The van der Waals surface area contributed by atoms with Crippen molar-refractivity contribution in [1.29, 1.82) is 0 Å². The summed E-state index contributed by atoms with van der Waals surface area (Å²) in [6, 6.07) is 13.4. The molecule has 4 rings (SSSR count). The van der Waals surface area contributed by atoms with E-state index >= 15 is 0 Å². The number of carbonyl (C=O) groups is 3. The summed E-state index contributed by atoms with van der Waals surface area (Å²) in [5.74, 6) is -0.605. The fraction of sp³-hybridized carbons (Fsp3) is 0.348. The number of para-hydroxylation sites is 1. The predicted octanol–water partition coefficient (Wildman–Crippen LogP) is 3.59. The minimum atomic E-state index is -0.777. The summed E-state index contributed by atoms with van der Waals surface area (Å²) >= 11 is 1.30. The Bertz CT molecular complexity index is 999. The molecule has 1 fully saturated rings. The monoisotopic (exact) mass is 423 g/mol. The second-order valence-electron chi connectivity index (χ2n) is 7.87. The maximum atomic E-state index is 13.0. The number of hydrogen-bond donors (Lipinski definition) is 2. The topological polar surface area (TPSA) is 78.5 Å². The van der Waals surface area contributed by atoms with Crippen LogP contribution in [0.3, 0.4) is 0 Å². The van der Waals surface area contributed by atoms with E-state index in [0.29, 0.717) is 25.9 Å². The van der Waals surface area contributed by atoms with Gasteiger partial charge in [0.1, 0.15) is 0 Å². The SMILES string of the molecule is Cc1ccc(NC(=O)C2CCN(C(=O)C3Sc4ccccc4NC3=O)CC2)cc1C. The van der Waals surface area contributed by atoms with Crippen molar-refractivity contribution in [2.24, 2.45) is 5.92 Å². The molecule has 1 unspecified atom stereocenters. The van der Waals surface area contributed by atoms with E-state index in [4.69, 9.17) is 0 Å². The molecule has 0 radical (unpaired) electrons. The standard InChI is InChI=1S/C23H25N3O3S/c1-14-7-8-17(13-15(14)2)24-21(27)16-9-11-26(12-10-16)23(29)20-22(28)25-18-5-3-4-6-19(18)30-20/h3-8,13,16,20H,9-12H2,1-2H3,(H,24,27)(H,25,28). The largest absolute Gasteiger partial charge is 0.341 e. The number of thioether (sulfide) groups is 1. The zero-order chi connectivity index (χ0) is 21.3. The molecular formula is C23H25N3O3S. The van der Waals surface area contributed by atoms with Crippen molar-refractivity contribution in [2.45, 2.75) is 36.8 Å². The van der Waals surface area contributed by atoms with Crippen LogP contribution in [0.25, 0.3) is 0 Å². The number of likely N-dealkylation sites (tertiary alicyclic amines) is 1. The van der Waals surface area contributed by atoms with Crippen molar-refractivity contribution >= 4 is 40.9 Å². The highest BCUT2D eigenvalue weighted by Gasteiger charge is 2.37. The molecule has 30 heavy (non-hydrogen) atoms. The van der Waals surface area contributed by atoms with Crippen LogP contribution in [0.4, 0.5) is 11.4 Å². The maximum absolute atomic E-state index is 13.0. The van der Waals surface area contributed by atoms with Crippen LogP contribution < -0.4 is 10.6 Å². The summed E-state index contributed by atoms with van der Waals surface area (Å²) in [7, 11) is 0. The zero-order valence-electron chi connectivity index (χ0n) is 17.1. The third kappa shape index (κ3) is 4.21. The number of nitrogens with one attached hydrogen (secondary N) is 2. The quantitative estimate of drug-likeness (QED) is 0.740. The maximum Gasteiger partial charge on any atom is 0.247 e. The van der Waals surface area contributed by atoms with E-state index in [0.717, 1.165) is 21.8 Å². The summed E-state index contributed by atoms with van der Waals surface area (Å²) in [6.07, 6.45) is 1.19. The van der Waals surface area contributed by atoms with E-state index in [1.165, 1.54) is 17.3 Å². The van der Waals surface area contributed by atoms with Crippen molar-refractivity contribution in [1.82, 2.24) is 4.90 Å². The molecule has 1 atom stereocenters. The molecule has 0 aliphatic carbocycles. The van der Waals surface area contributed by atoms with Gasteiger partial charge < -0.3 is 15.5 Å². The van der Waals surface area contributed by atoms with Gasteiger partial charge in [0, 0.05) is 29.6 Å². The number of piperidine rings is 1. The molecule has 2 N–H and O–H groups in total. The molecule has 156 valence electrons. The van der Waals surface area contributed by atoms with Gasteiger partial charge in [0.05, 0.1) is 5.69 Å². The molecule has 1 saturated heterocycles. The van der Waals surface area contributed by atoms with Gasteiger partial charge in [-0.15, -0.1) is 11.8 Å². The van der Waals surface area contributed by atoms with Gasteiger partial charge in [-0.3, -0.25) is 14.4 Å². The van der Waals surface area contributed by atoms with Gasteiger partial charge in [0.15, 0.2) is 5.25 Å². The summed E-state index contributed by atoms with van der Waals surface area (Å²) in [4.78, 5) is 40.6. The second kappa shape index (κ2) is 8.52. The van der Waals surface area contributed by atoms with Crippen LogP contribution >= 0.6 is 11.8 Å². The van der Waals surface area contributed by atoms with Gasteiger partial charge in [-0.05, 0) is 62.1 Å². The van der Waals surface area contributed by atoms with E-state index in [9.17, 15) is 14.4 Å². The molecule has 0 spiro atoms. The van der Waals surface area contributed by atoms with Crippen LogP contribution in [-0.2, 0) is 14.4 Å². The molecule has 2 aromatic carbocycles. The number of anilines is 2. The van der Waals surface area contributed by atoms with Crippen LogP contribution in [0.1, 0.15) is 24.0 Å². The van der Waals surface area contributed by atoms with Gasteiger partial charge in [0.25, 0.3) is 0 Å². The van der Waals surface area contributed by atoms with Crippen LogP contribution in [0.15, 0.2) is 47.4 Å². The van der Waals surface area contributed by atoms with Gasteiger partial charge >= 0.3 is 0 Å². The highest BCUT2D eigenvalue weighted by Crippen LogP contribution is 2.36. The van der Waals surface area contributed by atoms with Crippen molar-refractivity contribution in [3.63, 3.8) is 0 Å². The lowest BCUT2D eigenvalue weighted by Gasteiger charge is -2.34. The Morgan fingerprint density at radius 3 is 2.53 bits per heavy atom. The molecule has 2 aromatic rings. The number of hydrogen-bond acceptors (Lipinski definition) is 4. The Labute approximate surface area is 180 Å². The number of rotatable bonds is 3. The smallest absolute Gasteiger partial charge is 0.247 e. The zero-order valence-corrected chi connectivity index (χ0v) is 17.9. The van der Waals surface area contributed by atoms with Crippen molar-refractivity contribution in [3.05, 3.63) is 53.6 Å². The summed E-state index contributed by atoms with van der Waals surface area (Å²) in [5, 5.41) is 5.04. The lowest BCUT2D eigenvalue weighted by molar-refractivity contribution is -0.136.